The van der Waals surface area contributed by atoms with Crippen LogP contribution in [0.25, 0.3) is 0 Å². The molecule has 0 saturated carbocycles. The Hall–Kier alpha value is -2.03. The maximum Gasteiger partial charge on any atom is 0.433 e. The van der Waals surface area contributed by atoms with Crippen molar-refractivity contribution in [3.05, 3.63) is 28.0 Å². The highest BCUT2D eigenvalue weighted by molar-refractivity contribution is 5.91. The molecule has 0 saturated heterocycles. The number of hydrogen-bond acceptors (Lipinski definition) is 5. The molecule has 1 rings (SSSR count). The lowest BCUT2D eigenvalue weighted by molar-refractivity contribution is -0.402. The second-order valence-corrected chi connectivity index (χ2v) is 3.09. The standard InChI is InChI=1S/C8H8F2N2O5/c9-8(10,4-13)3-11-7(14)5-1-2-6(17-5)12(15)16/h1-2,13H,3-4H2,(H,11,14). The molecular formula is C8H8F2N2O5. The van der Waals surface area contributed by atoms with Crippen molar-refractivity contribution in [2.45, 2.75) is 5.92 Å². The molecule has 0 aliphatic rings. The van der Waals surface area contributed by atoms with E-state index in [1.807, 2.05) is 0 Å². The Morgan fingerprint density at radius 1 is 1.59 bits per heavy atom. The van der Waals surface area contributed by atoms with Gasteiger partial charge in [0.2, 0.25) is 0 Å². The van der Waals surface area contributed by atoms with Crippen molar-refractivity contribution in [1.82, 2.24) is 5.32 Å². The average molecular weight is 250 g/mol. The Balaban J connectivity index is 2.61. The van der Waals surface area contributed by atoms with E-state index < -0.39 is 41.5 Å². The zero-order valence-electron chi connectivity index (χ0n) is 8.35. The summed E-state index contributed by atoms with van der Waals surface area (Å²) in [6.45, 7) is -2.50. The monoisotopic (exact) mass is 250 g/mol. The fourth-order valence-electron chi connectivity index (χ4n) is 0.900. The number of furan rings is 1. The maximum absolute atomic E-state index is 12.6. The Labute approximate surface area is 93.2 Å². The van der Waals surface area contributed by atoms with Crippen molar-refractivity contribution in [3.8, 4) is 0 Å². The Morgan fingerprint density at radius 2 is 2.24 bits per heavy atom. The topological polar surface area (TPSA) is 106 Å². The van der Waals surface area contributed by atoms with E-state index in [1.54, 1.807) is 5.32 Å². The quantitative estimate of drug-likeness (QED) is 0.586. The summed E-state index contributed by atoms with van der Waals surface area (Å²) in [5.41, 5.74) is 0. The molecule has 0 fully saturated rings. The number of halogens is 2. The van der Waals surface area contributed by atoms with Crippen LogP contribution in [-0.4, -0.2) is 35.0 Å². The fourth-order valence-corrected chi connectivity index (χ4v) is 0.900. The molecule has 17 heavy (non-hydrogen) atoms. The van der Waals surface area contributed by atoms with E-state index in [2.05, 4.69) is 4.42 Å². The predicted molar refractivity (Wildman–Crippen MR) is 49.7 cm³/mol. The van der Waals surface area contributed by atoms with Gasteiger partial charge in [-0.3, -0.25) is 14.9 Å². The van der Waals surface area contributed by atoms with Crippen LogP contribution in [0, 0.1) is 10.1 Å². The number of rotatable bonds is 5. The molecule has 2 N–H and O–H groups in total. The highest BCUT2D eigenvalue weighted by Crippen LogP contribution is 2.16. The van der Waals surface area contributed by atoms with Gasteiger partial charge in [0.1, 0.15) is 11.5 Å². The first-order chi connectivity index (χ1) is 7.85. The summed E-state index contributed by atoms with van der Waals surface area (Å²) >= 11 is 0. The molecule has 0 aliphatic heterocycles. The van der Waals surface area contributed by atoms with Crippen LogP contribution in [0.4, 0.5) is 14.7 Å². The molecule has 1 amide bonds. The highest BCUT2D eigenvalue weighted by Gasteiger charge is 2.29. The third-order valence-electron chi connectivity index (χ3n) is 1.73. The molecule has 0 bridgehead atoms. The molecule has 7 nitrogen and oxygen atoms in total. The van der Waals surface area contributed by atoms with E-state index in [4.69, 9.17) is 5.11 Å². The first kappa shape index (κ1) is 13.0. The van der Waals surface area contributed by atoms with Crippen molar-refractivity contribution in [2.24, 2.45) is 0 Å². The molecule has 0 atom stereocenters. The summed E-state index contributed by atoms with van der Waals surface area (Å²) < 4.78 is 29.6. The lowest BCUT2D eigenvalue weighted by Crippen LogP contribution is -2.38. The molecule has 0 aromatic carbocycles. The highest BCUT2D eigenvalue weighted by atomic mass is 19.3. The van der Waals surface area contributed by atoms with Gasteiger partial charge in [-0.05, 0) is 6.07 Å². The first-order valence-electron chi connectivity index (χ1n) is 4.37. The Kier molecular flexibility index (Phi) is 3.73. The van der Waals surface area contributed by atoms with Gasteiger partial charge in [0.05, 0.1) is 12.6 Å². The van der Waals surface area contributed by atoms with E-state index in [0.29, 0.717) is 0 Å². The normalized spacial score (nSPS) is 11.2. The maximum atomic E-state index is 12.6. The van der Waals surface area contributed by atoms with Crippen LogP contribution < -0.4 is 5.32 Å². The van der Waals surface area contributed by atoms with E-state index in [1.165, 1.54) is 0 Å². The van der Waals surface area contributed by atoms with E-state index in [9.17, 15) is 23.7 Å². The zero-order valence-corrected chi connectivity index (χ0v) is 8.35. The van der Waals surface area contributed by atoms with Crippen LogP contribution in [0.2, 0.25) is 0 Å². The predicted octanol–water partition coefficient (Wildman–Crippen LogP) is 0.545. The molecule has 1 aromatic heterocycles. The van der Waals surface area contributed by atoms with Gasteiger partial charge in [-0.15, -0.1) is 0 Å². The number of nitrogens with zero attached hydrogens (tertiary/aromatic N) is 1. The van der Waals surface area contributed by atoms with E-state index >= 15 is 0 Å². The number of hydrogen-bond donors (Lipinski definition) is 2. The summed E-state index contributed by atoms with van der Waals surface area (Å²) in [4.78, 5) is 20.6. The van der Waals surface area contributed by atoms with Crippen molar-refractivity contribution in [3.63, 3.8) is 0 Å². The zero-order chi connectivity index (χ0) is 13.1. The van der Waals surface area contributed by atoms with E-state index in [0.717, 1.165) is 12.1 Å². The molecule has 0 unspecified atom stereocenters. The minimum atomic E-state index is -3.45. The summed E-state index contributed by atoms with van der Waals surface area (Å²) in [5, 5.41) is 20.2. The minimum Gasteiger partial charge on any atom is -0.395 e. The molecular weight excluding hydrogens is 242 g/mol. The molecule has 0 aliphatic carbocycles. The summed E-state index contributed by atoms with van der Waals surface area (Å²) in [5.74, 6) is -5.59. The van der Waals surface area contributed by atoms with Crippen molar-refractivity contribution in [1.29, 1.82) is 0 Å². The molecule has 94 valence electrons. The van der Waals surface area contributed by atoms with Crippen molar-refractivity contribution >= 4 is 11.8 Å². The number of carbonyl (C=O) groups excluding carboxylic acids is 1. The number of amides is 1. The fraction of sp³-hybridized carbons (Fsp3) is 0.375. The van der Waals surface area contributed by atoms with Gasteiger partial charge in [-0.25, -0.2) is 8.78 Å². The van der Waals surface area contributed by atoms with Gasteiger partial charge in [0, 0.05) is 0 Å². The number of nitrogens with one attached hydrogen (secondary N) is 1. The molecule has 0 radical (unpaired) electrons. The summed E-state index contributed by atoms with van der Waals surface area (Å²) in [6, 6.07) is 1.92. The van der Waals surface area contributed by atoms with Gasteiger partial charge in [-0.2, -0.15) is 0 Å². The largest absolute Gasteiger partial charge is 0.433 e. The average Bonchev–Trinajstić information content (AvgIpc) is 2.75. The number of alkyl halides is 2. The van der Waals surface area contributed by atoms with Gasteiger partial charge < -0.3 is 14.8 Å². The molecule has 0 spiro atoms. The number of aliphatic hydroxyl groups is 1. The van der Waals surface area contributed by atoms with Gasteiger partial charge in [-0.1, -0.05) is 0 Å². The number of carbonyl (C=O) groups is 1. The van der Waals surface area contributed by atoms with Crippen LogP contribution in [0.15, 0.2) is 16.5 Å². The van der Waals surface area contributed by atoms with Gasteiger partial charge in [0.25, 0.3) is 11.8 Å². The lowest BCUT2D eigenvalue weighted by Gasteiger charge is -2.12. The molecule has 1 aromatic rings. The van der Waals surface area contributed by atoms with E-state index in [-0.39, 0.29) is 0 Å². The number of nitro groups is 1. The van der Waals surface area contributed by atoms with Gasteiger partial charge in [0.15, 0.2) is 5.76 Å². The van der Waals surface area contributed by atoms with Crippen LogP contribution >= 0.6 is 0 Å². The lowest BCUT2D eigenvalue weighted by atomic mass is 10.3. The molecule has 1 heterocycles. The minimum absolute atomic E-state index is 0.453. The van der Waals surface area contributed by atoms with Crippen LogP contribution in [0.3, 0.4) is 0 Å². The third kappa shape index (κ3) is 3.48. The first-order valence-corrected chi connectivity index (χ1v) is 4.37. The van der Waals surface area contributed by atoms with Crippen molar-refractivity contribution in [2.75, 3.05) is 13.2 Å². The number of aliphatic hydroxyl groups excluding tert-OH is 1. The Bertz CT molecular complexity index is 431. The van der Waals surface area contributed by atoms with Crippen molar-refractivity contribution < 1.29 is 28.0 Å². The molecule has 9 heteroatoms. The smallest absolute Gasteiger partial charge is 0.395 e. The summed E-state index contributed by atoms with van der Waals surface area (Å²) in [7, 11) is 0. The van der Waals surface area contributed by atoms with Crippen LogP contribution in [0.1, 0.15) is 10.6 Å². The van der Waals surface area contributed by atoms with Crippen LogP contribution in [0.5, 0.6) is 0 Å². The SMILES string of the molecule is O=C(NCC(F)(F)CO)c1ccc([N+](=O)[O-])o1. The second kappa shape index (κ2) is 4.87. The second-order valence-electron chi connectivity index (χ2n) is 3.09. The Morgan fingerprint density at radius 3 is 2.71 bits per heavy atom. The van der Waals surface area contributed by atoms with Gasteiger partial charge >= 0.3 is 5.88 Å². The third-order valence-corrected chi connectivity index (χ3v) is 1.73. The summed E-state index contributed by atoms with van der Waals surface area (Å²) in [6.07, 6.45) is 0. The van der Waals surface area contributed by atoms with Crippen LogP contribution in [-0.2, 0) is 0 Å².